The molecule has 0 spiro atoms. The third-order valence-corrected chi connectivity index (χ3v) is 4.89. The number of carbonyl (C=O) groups excluding carboxylic acids is 1. The van der Waals surface area contributed by atoms with Crippen molar-refractivity contribution in [1.29, 1.82) is 0 Å². The number of nitrogens with one attached hydrogen (secondary N) is 1. The Morgan fingerprint density at radius 1 is 1.35 bits per heavy atom. The lowest BCUT2D eigenvalue weighted by molar-refractivity contribution is 0.102. The third kappa shape index (κ3) is 3.72. The molecule has 0 atom stereocenters. The SMILES string of the molecule is COc1cccc(Cc2nnc(NC(=O)c3scnc3C)s2)c1. The van der Waals surface area contributed by atoms with Crippen LogP contribution in [0.5, 0.6) is 5.75 Å². The fraction of sp³-hybridized carbons (Fsp3) is 0.200. The molecule has 118 valence electrons. The van der Waals surface area contributed by atoms with Crippen molar-refractivity contribution in [3.05, 3.63) is 50.9 Å². The zero-order valence-corrected chi connectivity index (χ0v) is 14.2. The number of aromatic nitrogens is 3. The van der Waals surface area contributed by atoms with Gasteiger partial charge in [-0.15, -0.1) is 21.5 Å². The van der Waals surface area contributed by atoms with Crippen LogP contribution in [0.1, 0.15) is 25.9 Å². The first-order valence-electron chi connectivity index (χ1n) is 6.82. The summed E-state index contributed by atoms with van der Waals surface area (Å²) in [4.78, 5) is 16.8. The zero-order chi connectivity index (χ0) is 16.2. The van der Waals surface area contributed by atoms with Crippen LogP contribution in [0, 0.1) is 6.92 Å². The molecule has 0 radical (unpaired) electrons. The summed E-state index contributed by atoms with van der Waals surface area (Å²) < 4.78 is 5.21. The van der Waals surface area contributed by atoms with Gasteiger partial charge in [-0.2, -0.15) is 0 Å². The van der Waals surface area contributed by atoms with Crippen molar-refractivity contribution in [3.8, 4) is 5.75 Å². The van der Waals surface area contributed by atoms with Gasteiger partial charge in [-0.25, -0.2) is 4.98 Å². The van der Waals surface area contributed by atoms with Crippen LogP contribution >= 0.6 is 22.7 Å². The summed E-state index contributed by atoms with van der Waals surface area (Å²) in [6.45, 7) is 1.81. The lowest BCUT2D eigenvalue weighted by Crippen LogP contribution is -2.11. The molecule has 0 unspecified atom stereocenters. The predicted octanol–water partition coefficient (Wildman–Crippen LogP) is 3.15. The summed E-state index contributed by atoms with van der Waals surface area (Å²) in [5.74, 6) is 0.607. The minimum atomic E-state index is -0.200. The molecule has 0 fully saturated rings. The van der Waals surface area contributed by atoms with Gasteiger partial charge in [0.15, 0.2) is 0 Å². The second kappa shape index (κ2) is 6.84. The van der Waals surface area contributed by atoms with Crippen molar-refractivity contribution in [3.63, 3.8) is 0 Å². The van der Waals surface area contributed by atoms with Gasteiger partial charge in [-0.1, -0.05) is 23.5 Å². The predicted molar refractivity (Wildman–Crippen MR) is 90.5 cm³/mol. The molecule has 0 aliphatic rings. The molecular weight excluding hydrogens is 332 g/mol. The topological polar surface area (TPSA) is 77.0 Å². The minimum Gasteiger partial charge on any atom is -0.497 e. The average molecular weight is 346 g/mol. The normalized spacial score (nSPS) is 10.5. The van der Waals surface area contributed by atoms with Crippen LogP contribution in [0.4, 0.5) is 5.13 Å². The maximum absolute atomic E-state index is 12.1. The van der Waals surface area contributed by atoms with E-state index >= 15 is 0 Å². The molecule has 3 rings (SSSR count). The Labute approximate surface area is 141 Å². The Morgan fingerprint density at radius 3 is 2.96 bits per heavy atom. The van der Waals surface area contributed by atoms with E-state index in [0.717, 1.165) is 16.3 Å². The summed E-state index contributed by atoms with van der Waals surface area (Å²) in [6.07, 6.45) is 0.643. The van der Waals surface area contributed by atoms with Crippen molar-refractivity contribution >= 4 is 33.7 Å². The minimum absolute atomic E-state index is 0.200. The Hall–Kier alpha value is -2.32. The fourth-order valence-electron chi connectivity index (χ4n) is 2.01. The van der Waals surface area contributed by atoms with E-state index in [1.807, 2.05) is 24.3 Å². The number of hydrogen-bond donors (Lipinski definition) is 1. The molecule has 2 heterocycles. The van der Waals surface area contributed by atoms with E-state index < -0.39 is 0 Å². The van der Waals surface area contributed by atoms with E-state index in [0.29, 0.717) is 22.1 Å². The van der Waals surface area contributed by atoms with E-state index in [4.69, 9.17) is 4.74 Å². The number of carbonyl (C=O) groups is 1. The van der Waals surface area contributed by atoms with E-state index in [1.165, 1.54) is 22.7 Å². The smallest absolute Gasteiger partial charge is 0.269 e. The number of hydrogen-bond acceptors (Lipinski definition) is 7. The van der Waals surface area contributed by atoms with Gasteiger partial charge in [0.05, 0.1) is 18.3 Å². The van der Waals surface area contributed by atoms with E-state index in [2.05, 4.69) is 20.5 Å². The zero-order valence-electron chi connectivity index (χ0n) is 12.6. The van der Waals surface area contributed by atoms with Crippen molar-refractivity contribution in [1.82, 2.24) is 15.2 Å². The highest BCUT2D eigenvalue weighted by Crippen LogP contribution is 2.22. The first-order valence-corrected chi connectivity index (χ1v) is 8.52. The Morgan fingerprint density at radius 2 is 2.22 bits per heavy atom. The van der Waals surface area contributed by atoms with Gasteiger partial charge >= 0.3 is 0 Å². The highest BCUT2D eigenvalue weighted by atomic mass is 32.1. The van der Waals surface area contributed by atoms with E-state index in [1.54, 1.807) is 19.5 Å². The van der Waals surface area contributed by atoms with Gasteiger partial charge < -0.3 is 4.74 Å². The molecule has 6 nitrogen and oxygen atoms in total. The number of rotatable bonds is 5. The first-order chi connectivity index (χ1) is 11.2. The number of nitrogens with zero attached hydrogens (tertiary/aromatic N) is 3. The average Bonchev–Trinajstić information content (AvgIpc) is 3.16. The van der Waals surface area contributed by atoms with Crippen molar-refractivity contribution in [2.75, 3.05) is 12.4 Å². The first kappa shape index (κ1) is 15.6. The van der Waals surface area contributed by atoms with Gasteiger partial charge in [-0.05, 0) is 24.6 Å². The largest absolute Gasteiger partial charge is 0.497 e. The number of methoxy groups -OCH3 is 1. The molecule has 0 saturated carbocycles. The maximum Gasteiger partial charge on any atom is 0.269 e. The number of aryl methyl sites for hydroxylation is 1. The number of ether oxygens (including phenoxy) is 1. The van der Waals surface area contributed by atoms with Gasteiger partial charge in [0, 0.05) is 6.42 Å². The molecule has 0 aliphatic carbocycles. The quantitative estimate of drug-likeness (QED) is 0.768. The molecule has 1 aromatic carbocycles. The molecule has 1 N–H and O–H groups in total. The van der Waals surface area contributed by atoms with Crippen LogP contribution in [0.3, 0.4) is 0 Å². The summed E-state index contributed by atoms with van der Waals surface area (Å²) in [7, 11) is 1.64. The number of anilines is 1. The Balaban J connectivity index is 1.68. The molecule has 23 heavy (non-hydrogen) atoms. The van der Waals surface area contributed by atoms with Crippen LogP contribution in [0.25, 0.3) is 0 Å². The van der Waals surface area contributed by atoms with E-state index in [9.17, 15) is 4.79 Å². The molecule has 3 aromatic rings. The highest BCUT2D eigenvalue weighted by molar-refractivity contribution is 7.15. The molecule has 0 aliphatic heterocycles. The molecule has 0 bridgehead atoms. The van der Waals surface area contributed by atoms with Crippen molar-refractivity contribution < 1.29 is 9.53 Å². The van der Waals surface area contributed by atoms with E-state index in [-0.39, 0.29) is 5.91 Å². The molecule has 0 saturated heterocycles. The van der Waals surface area contributed by atoms with Crippen LogP contribution in [0.15, 0.2) is 29.8 Å². The number of amides is 1. The van der Waals surface area contributed by atoms with Gasteiger partial charge in [0.2, 0.25) is 5.13 Å². The van der Waals surface area contributed by atoms with Gasteiger partial charge in [0.25, 0.3) is 5.91 Å². The lowest BCUT2D eigenvalue weighted by Gasteiger charge is -2.02. The summed E-state index contributed by atoms with van der Waals surface area (Å²) in [6, 6.07) is 7.79. The Bertz CT molecular complexity index is 828. The lowest BCUT2D eigenvalue weighted by atomic mass is 10.1. The second-order valence-electron chi connectivity index (χ2n) is 4.75. The summed E-state index contributed by atoms with van der Waals surface area (Å²) >= 11 is 2.67. The Kier molecular flexibility index (Phi) is 4.63. The fourth-order valence-corrected chi connectivity index (χ4v) is 3.47. The third-order valence-electron chi connectivity index (χ3n) is 3.13. The highest BCUT2D eigenvalue weighted by Gasteiger charge is 2.14. The van der Waals surface area contributed by atoms with Gasteiger partial charge in [-0.3, -0.25) is 10.1 Å². The van der Waals surface area contributed by atoms with Crippen molar-refractivity contribution in [2.24, 2.45) is 0 Å². The molecular formula is C15H14N4O2S2. The number of benzene rings is 1. The van der Waals surface area contributed by atoms with Crippen LogP contribution in [-0.4, -0.2) is 28.2 Å². The summed E-state index contributed by atoms with van der Waals surface area (Å²) in [5, 5.41) is 12.2. The maximum atomic E-state index is 12.1. The van der Waals surface area contributed by atoms with Gasteiger partial charge in [0.1, 0.15) is 15.6 Å². The number of thiazole rings is 1. The molecule has 2 aromatic heterocycles. The van der Waals surface area contributed by atoms with Crippen molar-refractivity contribution in [2.45, 2.75) is 13.3 Å². The molecule has 8 heteroatoms. The van der Waals surface area contributed by atoms with Crippen LogP contribution in [-0.2, 0) is 6.42 Å². The molecule has 1 amide bonds. The second-order valence-corrected chi connectivity index (χ2v) is 6.67. The van der Waals surface area contributed by atoms with Crippen LogP contribution in [0.2, 0.25) is 0 Å². The van der Waals surface area contributed by atoms with Crippen LogP contribution < -0.4 is 10.1 Å². The monoisotopic (exact) mass is 346 g/mol. The summed E-state index contributed by atoms with van der Waals surface area (Å²) in [5.41, 5.74) is 3.45. The standard InChI is InChI=1S/C15H14N4O2S2/c1-9-13(22-8-16-9)14(20)17-15-19-18-12(23-15)7-10-4-3-5-11(6-10)21-2/h3-6,8H,7H2,1-2H3,(H,17,19,20).